The number of rotatable bonds is 7. The molecule has 0 aromatic heterocycles. The lowest BCUT2D eigenvalue weighted by Crippen LogP contribution is -2.43. The monoisotopic (exact) mass is 419 g/mol. The fourth-order valence-electron chi connectivity index (χ4n) is 2.78. The van der Waals surface area contributed by atoms with Crippen molar-refractivity contribution < 1.29 is 31.9 Å². The molecule has 0 aliphatic carbocycles. The van der Waals surface area contributed by atoms with Gasteiger partial charge in [0.05, 0.1) is 11.8 Å². The second-order valence-electron chi connectivity index (χ2n) is 6.20. The van der Waals surface area contributed by atoms with Gasteiger partial charge in [0.15, 0.2) is 34.6 Å². The summed E-state index contributed by atoms with van der Waals surface area (Å²) >= 11 is 0. The van der Waals surface area contributed by atoms with Gasteiger partial charge in [0.2, 0.25) is 0 Å². The van der Waals surface area contributed by atoms with E-state index >= 15 is 0 Å². The molecule has 0 saturated carbocycles. The Morgan fingerprint density at radius 2 is 1.72 bits per heavy atom. The van der Waals surface area contributed by atoms with Crippen molar-refractivity contribution in [1.29, 1.82) is 0 Å². The summed E-state index contributed by atoms with van der Waals surface area (Å²) in [6.07, 6.45) is 1.42. The number of ether oxygens (including phenoxy) is 2. The molecule has 0 fully saturated rings. The average molecular weight is 419 g/mol. The molecule has 0 radical (unpaired) electrons. The zero-order valence-corrected chi connectivity index (χ0v) is 16.0. The summed E-state index contributed by atoms with van der Waals surface area (Å²) in [5, 5.41) is 1.06. The number of para-hydroxylation sites is 2. The highest BCUT2D eigenvalue weighted by molar-refractivity contribution is 7.94. The van der Waals surface area contributed by atoms with E-state index in [1.807, 2.05) is 0 Å². The predicted octanol–water partition coefficient (Wildman–Crippen LogP) is 2.09. The maximum atomic E-state index is 13.5. The Morgan fingerprint density at radius 1 is 1.03 bits per heavy atom. The average Bonchev–Trinajstić information content (AvgIpc) is 3.06. The van der Waals surface area contributed by atoms with Gasteiger partial charge in [-0.1, -0.05) is 30.3 Å². The van der Waals surface area contributed by atoms with Crippen molar-refractivity contribution in [2.24, 2.45) is 0 Å². The molecule has 29 heavy (non-hydrogen) atoms. The Kier molecular flexibility index (Phi) is 6.28. The summed E-state index contributed by atoms with van der Waals surface area (Å²) in [5.74, 6) is -2.44. The fraction of sp³-hybridized carbons (Fsp3) is 0.200. The molecule has 7 nitrogen and oxygen atoms in total. The quantitative estimate of drug-likeness (QED) is 0.639. The van der Waals surface area contributed by atoms with E-state index in [0.29, 0.717) is 5.69 Å². The van der Waals surface area contributed by atoms with E-state index in [9.17, 15) is 22.4 Å². The molecule has 152 valence electrons. The molecule has 1 amide bonds. The first kappa shape index (κ1) is 20.5. The molecule has 3 rings (SSSR count). The number of amides is 1. The topological polar surface area (TPSA) is 90.0 Å². The van der Waals surface area contributed by atoms with Gasteiger partial charge in [-0.3, -0.25) is 4.79 Å². The van der Waals surface area contributed by atoms with Crippen LogP contribution >= 0.6 is 0 Å². The Bertz CT molecular complexity index is 1020. The summed E-state index contributed by atoms with van der Waals surface area (Å²) in [7, 11) is -3.39. The Balaban J connectivity index is 1.62. The van der Waals surface area contributed by atoms with Gasteiger partial charge in [-0.2, -0.15) is 0 Å². The number of anilines is 1. The Labute approximate surface area is 167 Å². The molecule has 0 spiro atoms. The first-order chi connectivity index (χ1) is 13.9. The number of nitrogens with zero attached hydrogens (tertiary/aromatic N) is 1. The lowest BCUT2D eigenvalue weighted by atomic mass is 10.2. The van der Waals surface area contributed by atoms with E-state index in [0.717, 1.165) is 5.41 Å². The number of carbonyl (C=O) groups is 2. The number of sulfone groups is 1. The van der Waals surface area contributed by atoms with E-state index < -0.39 is 46.8 Å². The van der Waals surface area contributed by atoms with Crippen LogP contribution in [0.2, 0.25) is 0 Å². The maximum absolute atomic E-state index is 13.5. The van der Waals surface area contributed by atoms with Crippen LogP contribution in [-0.2, 0) is 24.2 Å². The molecule has 2 aromatic carbocycles. The zero-order valence-electron chi connectivity index (χ0n) is 15.2. The van der Waals surface area contributed by atoms with Crippen LogP contribution in [0.4, 0.5) is 10.1 Å². The van der Waals surface area contributed by atoms with Crippen molar-refractivity contribution in [3.63, 3.8) is 0 Å². The second kappa shape index (κ2) is 8.87. The molecule has 1 aliphatic heterocycles. The van der Waals surface area contributed by atoms with Crippen LogP contribution in [0.15, 0.2) is 66.1 Å². The van der Waals surface area contributed by atoms with E-state index in [1.165, 1.54) is 29.2 Å². The maximum Gasteiger partial charge on any atom is 0.344 e. The molecule has 1 aliphatic rings. The zero-order chi connectivity index (χ0) is 20.9. The number of esters is 1. The van der Waals surface area contributed by atoms with Crippen molar-refractivity contribution in [3.8, 4) is 5.75 Å². The minimum absolute atomic E-state index is 0.108. The van der Waals surface area contributed by atoms with E-state index in [4.69, 9.17) is 9.47 Å². The number of carbonyl (C=O) groups excluding carboxylic acids is 2. The molecule has 1 heterocycles. The van der Waals surface area contributed by atoms with Crippen molar-refractivity contribution in [2.45, 2.75) is 6.04 Å². The van der Waals surface area contributed by atoms with Crippen molar-refractivity contribution in [3.05, 3.63) is 71.9 Å². The van der Waals surface area contributed by atoms with Gasteiger partial charge in [-0.25, -0.2) is 17.6 Å². The summed E-state index contributed by atoms with van der Waals surface area (Å²) in [5.41, 5.74) is 0.475. The molecule has 0 unspecified atom stereocenters. The van der Waals surface area contributed by atoms with Gasteiger partial charge < -0.3 is 14.4 Å². The highest BCUT2D eigenvalue weighted by Crippen LogP contribution is 2.23. The van der Waals surface area contributed by atoms with Crippen LogP contribution < -0.4 is 9.64 Å². The lowest BCUT2D eigenvalue weighted by molar-refractivity contribution is -0.149. The molecule has 1 atom stereocenters. The van der Waals surface area contributed by atoms with Gasteiger partial charge in [0.1, 0.15) is 0 Å². The van der Waals surface area contributed by atoms with E-state index in [2.05, 4.69) is 0 Å². The third-order valence-corrected chi connectivity index (χ3v) is 5.46. The molecular formula is C20H18FNO6S. The summed E-state index contributed by atoms with van der Waals surface area (Å²) < 4.78 is 47.0. The first-order valence-corrected chi connectivity index (χ1v) is 10.4. The van der Waals surface area contributed by atoms with Crippen molar-refractivity contribution >= 4 is 27.4 Å². The highest BCUT2D eigenvalue weighted by Gasteiger charge is 2.31. The van der Waals surface area contributed by atoms with E-state index in [1.54, 1.807) is 36.4 Å². The van der Waals surface area contributed by atoms with Crippen LogP contribution in [0.25, 0.3) is 0 Å². The normalized spacial score (nSPS) is 16.9. The summed E-state index contributed by atoms with van der Waals surface area (Å²) in [4.78, 5) is 25.8. The second-order valence-corrected chi connectivity index (χ2v) is 8.14. The number of benzene rings is 2. The van der Waals surface area contributed by atoms with Crippen LogP contribution in [-0.4, -0.2) is 45.3 Å². The summed E-state index contributed by atoms with van der Waals surface area (Å²) in [6, 6.07) is 13.3. The Hall–Kier alpha value is -3.20. The molecule has 0 N–H and O–H groups in total. The lowest BCUT2D eigenvalue weighted by Gasteiger charge is -2.27. The molecular weight excluding hydrogens is 401 g/mol. The predicted molar refractivity (Wildman–Crippen MR) is 103 cm³/mol. The molecule has 0 bridgehead atoms. The third-order valence-electron chi connectivity index (χ3n) is 4.08. The number of hydrogen-bond acceptors (Lipinski definition) is 6. The minimum Gasteiger partial charge on any atom is -0.479 e. The molecule has 0 saturated heterocycles. The summed E-state index contributed by atoms with van der Waals surface area (Å²) in [6.45, 7) is -1.18. The van der Waals surface area contributed by atoms with Crippen LogP contribution in [0.5, 0.6) is 5.75 Å². The fourth-order valence-corrected chi connectivity index (χ4v) is 4.05. The SMILES string of the molecule is O=C(COc1ccccc1F)OCC(=O)N(c1ccccc1)[C@H]1C=CS(=O)(=O)C1. The van der Waals surface area contributed by atoms with E-state index in [-0.39, 0.29) is 11.5 Å². The van der Waals surface area contributed by atoms with Gasteiger partial charge in [-0.05, 0) is 30.3 Å². The van der Waals surface area contributed by atoms with Crippen molar-refractivity contribution in [2.75, 3.05) is 23.9 Å². The number of hydrogen-bond donors (Lipinski definition) is 0. The van der Waals surface area contributed by atoms with Gasteiger partial charge in [-0.15, -0.1) is 0 Å². The highest BCUT2D eigenvalue weighted by atomic mass is 32.2. The van der Waals surface area contributed by atoms with Crippen LogP contribution in [0, 0.1) is 5.82 Å². The van der Waals surface area contributed by atoms with Gasteiger partial charge in [0.25, 0.3) is 5.91 Å². The molecule has 9 heteroatoms. The molecule has 2 aromatic rings. The van der Waals surface area contributed by atoms with Crippen LogP contribution in [0.1, 0.15) is 0 Å². The van der Waals surface area contributed by atoms with Crippen LogP contribution in [0.3, 0.4) is 0 Å². The standard InChI is InChI=1S/C20H18FNO6S/c21-17-8-4-5-9-18(17)27-13-20(24)28-12-19(23)22(15-6-2-1-3-7-15)16-10-11-29(25,26)14-16/h1-11,16H,12-14H2/t16-/m0/s1. The first-order valence-electron chi connectivity index (χ1n) is 8.67. The largest absolute Gasteiger partial charge is 0.479 e. The number of halogens is 1. The minimum atomic E-state index is -3.39. The van der Waals surface area contributed by atoms with Gasteiger partial charge >= 0.3 is 5.97 Å². The van der Waals surface area contributed by atoms with Gasteiger partial charge in [0, 0.05) is 11.1 Å². The smallest absolute Gasteiger partial charge is 0.344 e. The third kappa shape index (κ3) is 5.41. The van der Waals surface area contributed by atoms with Crippen molar-refractivity contribution in [1.82, 2.24) is 0 Å². The Morgan fingerprint density at radius 3 is 2.38 bits per heavy atom.